The van der Waals surface area contributed by atoms with Gasteiger partial charge in [0.25, 0.3) is 7.37 Å². The Kier molecular flexibility index (Phi) is 3.85. The number of hydrogen-bond donors (Lipinski definition) is 1. The third kappa shape index (κ3) is 2.62. The Balaban J connectivity index is 2.07. The van der Waals surface area contributed by atoms with Gasteiger partial charge in [0.1, 0.15) is 5.75 Å². The van der Waals surface area contributed by atoms with Crippen molar-refractivity contribution in [3.8, 4) is 16.9 Å². The van der Waals surface area contributed by atoms with E-state index in [4.69, 9.17) is 9.26 Å². The van der Waals surface area contributed by atoms with Gasteiger partial charge in [-0.25, -0.2) is 0 Å². The lowest BCUT2D eigenvalue weighted by molar-refractivity contribution is 0.0773. The van der Waals surface area contributed by atoms with Gasteiger partial charge in [0.05, 0.1) is 24.2 Å². The molecule has 0 amide bonds. The zero-order chi connectivity index (χ0) is 14.9. The van der Waals surface area contributed by atoms with E-state index in [-0.39, 0.29) is 12.8 Å². The predicted octanol–water partition coefficient (Wildman–Crippen LogP) is 2.66. The minimum absolute atomic E-state index is 0.0478. The monoisotopic (exact) mass is 304 g/mol. The topological polar surface area (TPSA) is 55.8 Å². The number of hydrogen-bond acceptors (Lipinski definition) is 4. The van der Waals surface area contributed by atoms with Gasteiger partial charge in [-0.15, -0.1) is 0 Å². The summed E-state index contributed by atoms with van der Waals surface area (Å²) in [4.78, 5) is 0. The van der Waals surface area contributed by atoms with Crippen LogP contribution in [0, 0.1) is 0 Å². The second-order valence-electron chi connectivity index (χ2n) is 5.07. The van der Waals surface area contributed by atoms with E-state index in [1.54, 1.807) is 6.07 Å². The fourth-order valence-corrected chi connectivity index (χ4v) is 5.02. The number of benzene rings is 2. The van der Waals surface area contributed by atoms with Crippen LogP contribution in [0.1, 0.15) is 0 Å². The van der Waals surface area contributed by atoms with Crippen molar-refractivity contribution in [3.63, 3.8) is 0 Å². The van der Waals surface area contributed by atoms with Gasteiger partial charge in [0.15, 0.2) is 0 Å². The fourth-order valence-electron chi connectivity index (χ4n) is 2.63. The SMILES string of the molecule is COCC(O)CP1(=O)Oc2ccccc2-c2ccccc21. The summed E-state index contributed by atoms with van der Waals surface area (Å²) in [6.07, 6.45) is -0.772. The molecular weight excluding hydrogens is 287 g/mol. The molecule has 1 aliphatic heterocycles. The summed E-state index contributed by atoms with van der Waals surface area (Å²) in [6, 6.07) is 15.0. The minimum Gasteiger partial charge on any atom is -0.439 e. The fraction of sp³-hybridized carbons (Fsp3) is 0.250. The molecule has 0 radical (unpaired) electrons. The quantitative estimate of drug-likeness (QED) is 0.882. The van der Waals surface area contributed by atoms with Gasteiger partial charge in [-0.1, -0.05) is 36.4 Å². The maximum atomic E-state index is 13.3. The minimum atomic E-state index is -3.15. The predicted molar refractivity (Wildman–Crippen MR) is 82.5 cm³/mol. The van der Waals surface area contributed by atoms with Crippen molar-refractivity contribution in [3.05, 3.63) is 48.5 Å². The normalized spacial score (nSPS) is 21.0. The maximum absolute atomic E-state index is 13.3. The van der Waals surface area contributed by atoms with Gasteiger partial charge in [-0.3, -0.25) is 4.57 Å². The van der Waals surface area contributed by atoms with Crippen LogP contribution >= 0.6 is 7.37 Å². The first kappa shape index (κ1) is 14.3. The first-order valence-corrected chi connectivity index (χ1v) is 8.60. The molecule has 0 spiro atoms. The summed E-state index contributed by atoms with van der Waals surface area (Å²) in [5.74, 6) is 0.601. The molecule has 0 bridgehead atoms. The molecule has 1 aliphatic rings. The van der Waals surface area contributed by atoms with Crippen molar-refractivity contribution in [1.82, 2.24) is 0 Å². The summed E-state index contributed by atoms with van der Waals surface area (Å²) in [5, 5.41) is 10.6. The Hall–Kier alpha value is -1.61. The highest BCUT2D eigenvalue weighted by atomic mass is 31.2. The van der Waals surface area contributed by atoms with Crippen LogP contribution in [0.5, 0.6) is 5.75 Å². The molecule has 2 unspecified atom stereocenters. The second kappa shape index (κ2) is 5.64. The second-order valence-corrected chi connectivity index (χ2v) is 7.45. The first-order valence-electron chi connectivity index (χ1n) is 6.79. The molecule has 2 atom stereocenters. The van der Waals surface area contributed by atoms with Crippen molar-refractivity contribution in [2.24, 2.45) is 0 Å². The zero-order valence-electron chi connectivity index (χ0n) is 11.7. The largest absolute Gasteiger partial charge is 0.439 e. The van der Waals surface area contributed by atoms with Crippen LogP contribution < -0.4 is 9.83 Å². The van der Waals surface area contributed by atoms with E-state index in [0.717, 1.165) is 11.1 Å². The van der Waals surface area contributed by atoms with Gasteiger partial charge < -0.3 is 14.4 Å². The third-order valence-corrected chi connectivity index (χ3v) is 6.02. The van der Waals surface area contributed by atoms with Crippen LogP contribution in [0.15, 0.2) is 48.5 Å². The Morgan fingerprint density at radius 3 is 2.57 bits per heavy atom. The lowest BCUT2D eigenvalue weighted by atomic mass is 10.0. The van der Waals surface area contributed by atoms with Crippen molar-refractivity contribution in [2.75, 3.05) is 19.9 Å². The number of aliphatic hydroxyl groups is 1. The van der Waals surface area contributed by atoms with Crippen molar-refractivity contribution in [1.29, 1.82) is 0 Å². The van der Waals surface area contributed by atoms with Gasteiger partial charge >= 0.3 is 0 Å². The average molecular weight is 304 g/mol. The molecule has 110 valence electrons. The average Bonchev–Trinajstić information content (AvgIpc) is 2.47. The van der Waals surface area contributed by atoms with Crippen molar-refractivity contribution >= 4 is 12.7 Å². The van der Waals surface area contributed by atoms with E-state index < -0.39 is 13.5 Å². The summed E-state index contributed by atoms with van der Waals surface area (Å²) in [6.45, 7) is 0.136. The lowest BCUT2D eigenvalue weighted by Crippen LogP contribution is -2.27. The van der Waals surface area contributed by atoms with E-state index in [1.807, 2.05) is 42.5 Å². The smallest absolute Gasteiger partial charge is 0.280 e. The van der Waals surface area contributed by atoms with Gasteiger partial charge in [-0.05, 0) is 17.7 Å². The molecule has 5 heteroatoms. The first-order chi connectivity index (χ1) is 10.1. The number of methoxy groups -OCH3 is 1. The Labute approximate surface area is 123 Å². The molecule has 0 saturated heterocycles. The molecule has 2 aromatic rings. The van der Waals surface area contributed by atoms with Gasteiger partial charge in [-0.2, -0.15) is 0 Å². The van der Waals surface area contributed by atoms with Crippen LogP contribution in [0.2, 0.25) is 0 Å². The highest BCUT2D eigenvalue weighted by Gasteiger charge is 2.37. The summed E-state index contributed by atoms with van der Waals surface area (Å²) < 4.78 is 24.0. The standard InChI is InChI=1S/C16H17O4P/c1-19-10-12(17)11-21(18)16-9-5-3-7-14(16)13-6-2-4-8-15(13)20-21/h2-9,12,17H,10-11H2,1H3. The Morgan fingerprint density at radius 2 is 1.81 bits per heavy atom. The molecule has 3 rings (SSSR count). The van der Waals surface area contributed by atoms with Crippen LogP contribution in [0.25, 0.3) is 11.1 Å². The zero-order valence-corrected chi connectivity index (χ0v) is 12.6. The summed E-state index contributed by atoms with van der Waals surface area (Å²) in [5.41, 5.74) is 1.84. The van der Waals surface area contributed by atoms with E-state index >= 15 is 0 Å². The van der Waals surface area contributed by atoms with Crippen molar-refractivity contribution in [2.45, 2.75) is 6.10 Å². The van der Waals surface area contributed by atoms with Gasteiger partial charge in [0, 0.05) is 12.7 Å². The van der Waals surface area contributed by atoms with Crippen LogP contribution in [0.4, 0.5) is 0 Å². The van der Waals surface area contributed by atoms with E-state index in [0.29, 0.717) is 11.1 Å². The number of ether oxygens (including phenoxy) is 1. The molecule has 21 heavy (non-hydrogen) atoms. The molecule has 0 aliphatic carbocycles. The van der Waals surface area contributed by atoms with E-state index in [1.165, 1.54) is 7.11 Å². The molecule has 0 aromatic heterocycles. The summed E-state index contributed by atoms with van der Waals surface area (Å²) in [7, 11) is -1.65. The third-order valence-electron chi connectivity index (χ3n) is 3.50. The van der Waals surface area contributed by atoms with E-state index in [9.17, 15) is 9.67 Å². The van der Waals surface area contributed by atoms with Crippen LogP contribution in [0.3, 0.4) is 0 Å². The number of para-hydroxylation sites is 1. The Morgan fingerprint density at radius 1 is 1.14 bits per heavy atom. The maximum Gasteiger partial charge on any atom is 0.280 e. The highest BCUT2D eigenvalue weighted by Crippen LogP contribution is 2.54. The lowest BCUT2D eigenvalue weighted by Gasteiger charge is -2.29. The van der Waals surface area contributed by atoms with E-state index in [2.05, 4.69) is 0 Å². The van der Waals surface area contributed by atoms with Gasteiger partial charge in [0.2, 0.25) is 0 Å². The highest BCUT2D eigenvalue weighted by molar-refractivity contribution is 7.67. The number of aliphatic hydroxyl groups excluding tert-OH is 1. The molecule has 0 fully saturated rings. The molecular formula is C16H17O4P. The van der Waals surface area contributed by atoms with Crippen LogP contribution in [-0.2, 0) is 9.30 Å². The van der Waals surface area contributed by atoms with Crippen molar-refractivity contribution < 1.29 is 18.9 Å². The molecule has 1 heterocycles. The molecule has 1 N–H and O–H groups in total. The molecule has 2 aromatic carbocycles. The number of rotatable bonds is 4. The summed E-state index contributed by atoms with van der Waals surface area (Å²) >= 11 is 0. The molecule has 4 nitrogen and oxygen atoms in total. The number of fused-ring (bicyclic) bond motifs is 3. The molecule has 0 saturated carbocycles. The van der Waals surface area contributed by atoms with Crippen LogP contribution in [-0.4, -0.2) is 31.1 Å². The Bertz CT molecular complexity index is 698.